The van der Waals surface area contributed by atoms with Gasteiger partial charge in [-0.05, 0) is 41.1 Å². The molecular weight excluding hydrogens is 324 g/mol. The fourth-order valence-corrected chi connectivity index (χ4v) is 1.88. The molecule has 15 heavy (non-hydrogen) atoms. The van der Waals surface area contributed by atoms with E-state index in [2.05, 4.69) is 9.72 Å². The molecule has 3 nitrogen and oxygen atoms in total. The lowest BCUT2D eigenvalue weighted by atomic mass is 10.2. The van der Waals surface area contributed by atoms with E-state index in [0.29, 0.717) is 11.3 Å². The Balaban J connectivity index is 3.09. The Morgan fingerprint density at radius 2 is 2.13 bits per heavy atom. The summed E-state index contributed by atoms with van der Waals surface area (Å²) < 4.78 is 40.0. The van der Waals surface area contributed by atoms with Crippen molar-refractivity contribution in [1.82, 2.24) is 4.98 Å². The molecule has 0 unspecified atom stereocenters. The van der Waals surface area contributed by atoms with Gasteiger partial charge in [0.1, 0.15) is 3.70 Å². The number of ether oxygens (including phenoxy) is 1. The first kappa shape index (κ1) is 12.5. The van der Waals surface area contributed by atoms with Crippen molar-refractivity contribution in [2.75, 3.05) is 0 Å². The predicted molar refractivity (Wildman–Crippen MR) is 56.3 cm³/mol. The SMILES string of the molecule is Cc1cc(CN)nc(I)c1OC(F)(F)F. The molecule has 0 saturated heterocycles. The second-order valence-electron chi connectivity index (χ2n) is 2.80. The number of rotatable bonds is 2. The minimum Gasteiger partial charge on any atom is -0.403 e. The Morgan fingerprint density at radius 3 is 2.53 bits per heavy atom. The van der Waals surface area contributed by atoms with Gasteiger partial charge in [-0.1, -0.05) is 0 Å². The molecule has 0 aromatic carbocycles. The number of aromatic nitrogens is 1. The molecule has 0 spiro atoms. The van der Waals surface area contributed by atoms with Crippen LogP contribution in [-0.4, -0.2) is 11.3 Å². The molecule has 7 heteroatoms. The number of hydrogen-bond donors (Lipinski definition) is 1. The number of pyridine rings is 1. The molecule has 0 aliphatic rings. The van der Waals surface area contributed by atoms with E-state index < -0.39 is 6.36 Å². The third kappa shape index (κ3) is 3.49. The first-order valence-electron chi connectivity index (χ1n) is 3.95. The maximum Gasteiger partial charge on any atom is 0.573 e. The van der Waals surface area contributed by atoms with E-state index in [0.717, 1.165) is 0 Å². The van der Waals surface area contributed by atoms with Crippen LogP contribution < -0.4 is 10.5 Å². The van der Waals surface area contributed by atoms with Gasteiger partial charge in [0, 0.05) is 6.54 Å². The predicted octanol–water partition coefficient (Wildman–Crippen LogP) is 2.35. The van der Waals surface area contributed by atoms with Gasteiger partial charge in [-0.2, -0.15) is 0 Å². The third-order valence-corrected chi connectivity index (χ3v) is 2.33. The van der Waals surface area contributed by atoms with Crippen LogP contribution in [0.2, 0.25) is 0 Å². The molecule has 1 rings (SSSR count). The normalized spacial score (nSPS) is 11.6. The number of nitrogens with zero attached hydrogens (tertiary/aromatic N) is 1. The number of alkyl halides is 3. The fraction of sp³-hybridized carbons (Fsp3) is 0.375. The van der Waals surface area contributed by atoms with Crippen molar-refractivity contribution in [3.63, 3.8) is 0 Å². The molecule has 84 valence electrons. The first-order valence-corrected chi connectivity index (χ1v) is 5.03. The van der Waals surface area contributed by atoms with Crippen LogP contribution in [-0.2, 0) is 6.54 Å². The van der Waals surface area contributed by atoms with Crippen LogP contribution in [0.15, 0.2) is 6.07 Å². The summed E-state index contributed by atoms with van der Waals surface area (Å²) >= 11 is 1.68. The van der Waals surface area contributed by atoms with Gasteiger partial charge in [-0.25, -0.2) is 4.98 Å². The van der Waals surface area contributed by atoms with E-state index in [9.17, 15) is 13.2 Å². The van der Waals surface area contributed by atoms with Crippen molar-refractivity contribution in [2.45, 2.75) is 19.8 Å². The molecule has 2 N–H and O–H groups in total. The highest BCUT2D eigenvalue weighted by molar-refractivity contribution is 14.1. The van der Waals surface area contributed by atoms with E-state index in [-0.39, 0.29) is 16.0 Å². The lowest BCUT2D eigenvalue weighted by Crippen LogP contribution is -2.19. The second-order valence-corrected chi connectivity index (χ2v) is 3.82. The quantitative estimate of drug-likeness (QED) is 0.668. The molecule has 0 saturated carbocycles. The molecule has 0 fully saturated rings. The average Bonchev–Trinajstić information content (AvgIpc) is 2.09. The molecule has 0 bridgehead atoms. The van der Waals surface area contributed by atoms with Crippen LogP contribution in [0.1, 0.15) is 11.3 Å². The van der Waals surface area contributed by atoms with E-state index in [1.165, 1.54) is 13.0 Å². The van der Waals surface area contributed by atoms with E-state index >= 15 is 0 Å². The summed E-state index contributed by atoms with van der Waals surface area (Å²) in [6.45, 7) is 1.70. The summed E-state index contributed by atoms with van der Waals surface area (Å²) in [5.74, 6) is -0.264. The summed E-state index contributed by atoms with van der Waals surface area (Å²) in [5, 5.41) is 0. The van der Waals surface area contributed by atoms with Gasteiger partial charge in [0.05, 0.1) is 5.69 Å². The van der Waals surface area contributed by atoms with Gasteiger partial charge >= 0.3 is 6.36 Å². The van der Waals surface area contributed by atoms with E-state index in [1.807, 2.05) is 0 Å². The van der Waals surface area contributed by atoms with Gasteiger partial charge in [-0.3, -0.25) is 0 Å². The Hall–Kier alpha value is -0.570. The van der Waals surface area contributed by atoms with Gasteiger partial charge in [-0.15, -0.1) is 13.2 Å². The zero-order valence-electron chi connectivity index (χ0n) is 7.73. The van der Waals surface area contributed by atoms with Crippen LogP contribution in [0, 0.1) is 10.6 Å². The third-order valence-electron chi connectivity index (χ3n) is 1.60. The highest BCUT2D eigenvalue weighted by Crippen LogP contribution is 2.30. The molecule has 1 aromatic rings. The van der Waals surface area contributed by atoms with Crippen LogP contribution >= 0.6 is 22.6 Å². The lowest BCUT2D eigenvalue weighted by Gasteiger charge is -2.13. The summed E-state index contributed by atoms with van der Waals surface area (Å²) in [5.41, 5.74) is 6.24. The monoisotopic (exact) mass is 332 g/mol. The van der Waals surface area contributed by atoms with E-state index in [4.69, 9.17) is 5.73 Å². The zero-order chi connectivity index (χ0) is 11.6. The number of aryl methyl sites for hydroxylation is 1. The minimum absolute atomic E-state index is 0.158. The molecular formula is C8H8F3IN2O. The minimum atomic E-state index is -4.70. The first-order chi connectivity index (χ1) is 6.83. The summed E-state index contributed by atoms with van der Waals surface area (Å²) in [4.78, 5) is 3.87. The van der Waals surface area contributed by atoms with Crippen LogP contribution in [0.3, 0.4) is 0 Å². The average molecular weight is 332 g/mol. The standard InChI is InChI=1S/C8H8F3IN2O/c1-4-2-5(3-13)14-7(12)6(4)15-8(9,10)11/h2H,3,13H2,1H3. The molecule has 1 heterocycles. The Morgan fingerprint density at radius 1 is 1.53 bits per heavy atom. The van der Waals surface area contributed by atoms with Crippen molar-refractivity contribution in [3.8, 4) is 5.75 Å². The van der Waals surface area contributed by atoms with Crippen molar-refractivity contribution >= 4 is 22.6 Å². The zero-order valence-corrected chi connectivity index (χ0v) is 9.89. The number of hydrogen-bond acceptors (Lipinski definition) is 3. The molecule has 0 amide bonds. The highest BCUT2D eigenvalue weighted by atomic mass is 127. The molecule has 1 aromatic heterocycles. The summed E-state index contributed by atoms with van der Waals surface area (Å²) in [6.07, 6.45) is -4.70. The second kappa shape index (κ2) is 4.52. The Kier molecular flexibility index (Phi) is 3.77. The molecule has 0 atom stereocenters. The number of nitrogens with two attached hydrogens (primary N) is 1. The van der Waals surface area contributed by atoms with Gasteiger partial charge in [0.25, 0.3) is 0 Å². The maximum absolute atomic E-state index is 12.0. The Labute approximate surface area is 98.0 Å². The van der Waals surface area contributed by atoms with Crippen molar-refractivity contribution in [3.05, 3.63) is 21.0 Å². The van der Waals surface area contributed by atoms with Gasteiger partial charge < -0.3 is 10.5 Å². The summed E-state index contributed by atoms with van der Waals surface area (Å²) in [7, 11) is 0. The smallest absolute Gasteiger partial charge is 0.403 e. The van der Waals surface area contributed by atoms with Crippen LogP contribution in [0.5, 0.6) is 5.75 Å². The molecule has 0 aliphatic heterocycles. The largest absolute Gasteiger partial charge is 0.573 e. The molecule has 0 aliphatic carbocycles. The van der Waals surface area contributed by atoms with Crippen molar-refractivity contribution in [2.24, 2.45) is 5.73 Å². The highest BCUT2D eigenvalue weighted by Gasteiger charge is 2.33. The van der Waals surface area contributed by atoms with Crippen molar-refractivity contribution < 1.29 is 17.9 Å². The van der Waals surface area contributed by atoms with E-state index in [1.54, 1.807) is 22.6 Å². The fourth-order valence-electron chi connectivity index (χ4n) is 1.03. The van der Waals surface area contributed by atoms with Gasteiger partial charge in [0.15, 0.2) is 5.75 Å². The number of halogens is 4. The van der Waals surface area contributed by atoms with Crippen LogP contribution in [0.25, 0.3) is 0 Å². The maximum atomic E-state index is 12.0. The lowest BCUT2D eigenvalue weighted by molar-refractivity contribution is -0.275. The summed E-state index contributed by atoms with van der Waals surface area (Å²) in [6, 6.07) is 1.48. The Bertz CT molecular complexity index is 344. The van der Waals surface area contributed by atoms with Crippen LogP contribution in [0.4, 0.5) is 13.2 Å². The molecule has 0 radical (unpaired) electrons. The van der Waals surface area contributed by atoms with Gasteiger partial charge in [0.2, 0.25) is 0 Å². The topological polar surface area (TPSA) is 48.1 Å². The van der Waals surface area contributed by atoms with Crippen molar-refractivity contribution in [1.29, 1.82) is 0 Å².